The number of benzene rings is 1. The molecule has 1 aliphatic rings. The number of furan rings is 1. The summed E-state index contributed by atoms with van der Waals surface area (Å²) in [5.74, 6) is 0.645. The number of thiazole rings is 1. The van der Waals surface area contributed by atoms with Crippen LogP contribution in [0.5, 0.6) is 11.5 Å². The van der Waals surface area contributed by atoms with Crippen LogP contribution in [-0.2, 0) is 4.79 Å². The molecule has 0 saturated heterocycles. The lowest BCUT2D eigenvalue weighted by atomic mass is 10.1. The number of ether oxygens (including phenoxy) is 2. The molecule has 2 aromatic heterocycles. The van der Waals surface area contributed by atoms with Gasteiger partial charge in [0.05, 0.1) is 17.5 Å². The number of amides is 2. The fourth-order valence-corrected chi connectivity index (χ4v) is 3.34. The SMILES string of the molecule is CC(NC(=O)c1ccoc1)C(=O)Nc1nc(-c2ccc3c(c2)OCCO3)cs1. The largest absolute Gasteiger partial charge is 0.486 e. The summed E-state index contributed by atoms with van der Waals surface area (Å²) in [7, 11) is 0. The molecule has 2 N–H and O–H groups in total. The van der Waals surface area contributed by atoms with Gasteiger partial charge in [0, 0.05) is 10.9 Å². The molecule has 0 aliphatic carbocycles. The summed E-state index contributed by atoms with van der Waals surface area (Å²) >= 11 is 1.30. The highest BCUT2D eigenvalue weighted by atomic mass is 32.1. The number of anilines is 1. The number of nitrogens with one attached hydrogen (secondary N) is 2. The molecular formula is C19H17N3O5S. The van der Waals surface area contributed by atoms with Gasteiger partial charge in [0.25, 0.3) is 5.91 Å². The molecule has 28 heavy (non-hydrogen) atoms. The average molecular weight is 399 g/mol. The second kappa shape index (κ2) is 7.73. The van der Waals surface area contributed by atoms with Crippen LogP contribution in [0.4, 0.5) is 5.13 Å². The molecule has 0 saturated carbocycles. The van der Waals surface area contributed by atoms with Crippen LogP contribution in [0.2, 0.25) is 0 Å². The summed E-state index contributed by atoms with van der Waals surface area (Å²) in [4.78, 5) is 28.8. The summed E-state index contributed by atoms with van der Waals surface area (Å²) in [6.07, 6.45) is 2.72. The molecule has 8 nitrogen and oxygen atoms in total. The number of rotatable bonds is 5. The van der Waals surface area contributed by atoms with Crippen molar-refractivity contribution in [1.29, 1.82) is 0 Å². The lowest BCUT2D eigenvalue weighted by Gasteiger charge is -2.18. The van der Waals surface area contributed by atoms with Crippen molar-refractivity contribution >= 4 is 28.3 Å². The fraction of sp³-hybridized carbons (Fsp3) is 0.211. The Balaban J connectivity index is 1.40. The molecule has 1 aromatic carbocycles. The first-order chi connectivity index (χ1) is 13.6. The summed E-state index contributed by atoms with van der Waals surface area (Å²) in [5.41, 5.74) is 1.93. The quantitative estimate of drug-likeness (QED) is 0.684. The first kappa shape index (κ1) is 18.1. The van der Waals surface area contributed by atoms with Crippen LogP contribution in [-0.4, -0.2) is 36.1 Å². The van der Waals surface area contributed by atoms with E-state index in [1.807, 2.05) is 23.6 Å². The summed E-state index contributed by atoms with van der Waals surface area (Å²) in [5, 5.41) is 7.62. The molecule has 144 valence electrons. The van der Waals surface area contributed by atoms with Crippen molar-refractivity contribution in [3.8, 4) is 22.8 Å². The molecule has 0 fully saturated rings. The Bertz CT molecular complexity index is 999. The third-order valence-electron chi connectivity index (χ3n) is 4.10. The third-order valence-corrected chi connectivity index (χ3v) is 4.85. The van der Waals surface area contributed by atoms with Crippen molar-refractivity contribution in [2.45, 2.75) is 13.0 Å². The average Bonchev–Trinajstić information content (AvgIpc) is 3.40. The summed E-state index contributed by atoms with van der Waals surface area (Å²) in [6.45, 7) is 2.65. The molecule has 1 unspecified atom stereocenters. The molecule has 1 aliphatic heterocycles. The van der Waals surface area contributed by atoms with E-state index in [4.69, 9.17) is 13.9 Å². The van der Waals surface area contributed by atoms with Gasteiger partial charge in [-0.2, -0.15) is 0 Å². The maximum absolute atomic E-state index is 12.3. The highest BCUT2D eigenvalue weighted by molar-refractivity contribution is 7.14. The van der Waals surface area contributed by atoms with E-state index in [-0.39, 0.29) is 11.8 Å². The van der Waals surface area contributed by atoms with Gasteiger partial charge >= 0.3 is 0 Å². The maximum Gasteiger partial charge on any atom is 0.255 e. The van der Waals surface area contributed by atoms with E-state index in [0.717, 1.165) is 5.56 Å². The van der Waals surface area contributed by atoms with E-state index >= 15 is 0 Å². The van der Waals surface area contributed by atoms with Gasteiger partial charge < -0.3 is 24.5 Å². The number of fused-ring (bicyclic) bond motifs is 1. The number of carbonyl (C=O) groups is 2. The lowest BCUT2D eigenvalue weighted by Crippen LogP contribution is -2.41. The van der Waals surface area contributed by atoms with Crippen LogP contribution in [0.25, 0.3) is 11.3 Å². The molecule has 0 spiro atoms. The molecule has 4 rings (SSSR count). The van der Waals surface area contributed by atoms with Crippen molar-refractivity contribution in [2.75, 3.05) is 18.5 Å². The Morgan fingerprint density at radius 3 is 2.79 bits per heavy atom. The van der Waals surface area contributed by atoms with Gasteiger partial charge in [0.2, 0.25) is 5.91 Å². The van der Waals surface area contributed by atoms with E-state index < -0.39 is 6.04 Å². The van der Waals surface area contributed by atoms with Crippen molar-refractivity contribution in [3.63, 3.8) is 0 Å². The number of aromatic nitrogens is 1. The molecule has 0 radical (unpaired) electrons. The van der Waals surface area contributed by atoms with Gasteiger partial charge in [-0.25, -0.2) is 4.98 Å². The molecule has 2 amide bonds. The van der Waals surface area contributed by atoms with E-state index in [9.17, 15) is 9.59 Å². The Kier molecular flexibility index (Phi) is 4.98. The van der Waals surface area contributed by atoms with Gasteiger partial charge in [-0.3, -0.25) is 9.59 Å². The van der Waals surface area contributed by atoms with Crippen molar-refractivity contribution < 1.29 is 23.5 Å². The Morgan fingerprint density at radius 2 is 2.00 bits per heavy atom. The molecular weight excluding hydrogens is 382 g/mol. The van der Waals surface area contributed by atoms with Crippen LogP contribution in [0.1, 0.15) is 17.3 Å². The van der Waals surface area contributed by atoms with Crippen molar-refractivity contribution in [2.24, 2.45) is 0 Å². The molecule has 3 heterocycles. The second-order valence-corrected chi connectivity index (χ2v) is 6.95. The van der Waals surface area contributed by atoms with Crippen molar-refractivity contribution in [1.82, 2.24) is 10.3 Å². The van der Waals surface area contributed by atoms with Crippen LogP contribution in [0.15, 0.2) is 46.6 Å². The van der Waals surface area contributed by atoms with E-state index in [0.29, 0.717) is 41.1 Å². The highest BCUT2D eigenvalue weighted by Crippen LogP contribution is 2.35. The van der Waals surface area contributed by atoms with Crippen LogP contribution >= 0.6 is 11.3 Å². The van der Waals surface area contributed by atoms with Gasteiger partial charge in [-0.05, 0) is 31.2 Å². The fourth-order valence-electron chi connectivity index (χ4n) is 2.62. The number of hydrogen-bond acceptors (Lipinski definition) is 7. The van der Waals surface area contributed by atoms with Gasteiger partial charge in [0.1, 0.15) is 25.5 Å². The minimum atomic E-state index is -0.732. The zero-order chi connectivity index (χ0) is 19.5. The van der Waals surface area contributed by atoms with Crippen LogP contribution in [0, 0.1) is 0 Å². The first-order valence-electron chi connectivity index (χ1n) is 8.59. The smallest absolute Gasteiger partial charge is 0.255 e. The van der Waals surface area contributed by atoms with Crippen LogP contribution in [0.3, 0.4) is 0 Å². The summed E-state index contributed by atoms with van der Waals surface area (Å²) < 4.78 is 16.0. The van der Waals surface area contributed by atoms with Crippen LogP contribution < -0.4 is 20.1 Å². The highest BCUT2D eigenvalue weighted by Gasteiger charge is 2.19. The van der Waals surface area contributed by atoms with Crippen molar-refractivity contribution in [3.05, 3.63) is 47.7 Å². The Labute approximate surface area is 164 Å². The molecule has 1 atom stereocenters. The zero-order valence-electron chi connectivity index (χ0n) is 14.9. The minimum absolute atomic E-state index is 0.356. The number of hydrogen-bond donors (Lipinski definition) is 2. The lowest BCUT2D eigenvalue weighted by molar-refractivity contribution is -0.117. The topological polar surface area (TPSA) is 103 Å². The minimum Gasteiger partial charge on any atom is -0.486 e. The Hall–Kier alpha value is -3.33. The molecule has 0 bridgehead atoms. The van der Waals surface area contributed by atoms with Gasteiger partial charge in [0.15, 0.2) is 16.6 Å². The van der Waals surface area contributed by atoms with E-state index in [1.54, 1.807) is 6.92 Å². The third kappa shape index (κ3) is 3.84. The predicted octanol–water partition coefficient (Wildman–Crippen LogP) is 2.93. The second-order valence-electron chi connectivity index (χ2n) is 6.09. The molecule has 3 aromatic rings. The summed E-state index contributed by atoms with van der Waals surface area (Å²) in [6, 6.07) is 6.39. The Morgan fingerprint density at radius 1 is 1.18 bits per heavy atom. The van der Waals surface area contributed by atoms with Gasteiger partial charge in [-0.1, -0.05) is 0 Å². The normalized spacial score (nSPS) is 13.6. The van der Waals surface area contributed by atoms with Gasteiger partial charge in [-0.15, -0.1) is 11.3 Å². The predicted molar refractivity (Wildman–Crippen MR) is 103 cm³/mol. The van der Waals surface area contributed by atoms with E-state index in [2.05, 4.69) is 15.6 Å². The maximum atomic E-state index is 12.3. The number of nitrogens with zero attached hydrogens (tertiary/aromatic N) is 1. The molecule has 9 heteroatoms. The first-order valence-corrected chi connectivity index (χ1v) is 9.47. The zero-order valence-corrected chi connectivity index (χ0v) is 15.7. The van der Waals surface area contributed by atoms with E-state index in [1.165, 1.54) is 29.9 Å². The monoisotopic (exact) mass is 399 g/mol. The number of carbonyl (C=O) groups excluding carboxylic acids is 2. The standard InChI is InChI=1S/C19H17N3O5S/c1-11(20-18(24)13-4-5-25-9-13)17(23)22-19-21-14(10-28-19)12-2-3-15-16(8-12)27-7-6-26-15/h2-5,8-11H,6-7H2,1H3,(H,20,24)(H,21,22,23).